The molecule has 1 atom stereocenters. The zero-order valence-electron chi connectivity index (χ0n) is 16.0. The Morgan fingerprint density at radius 3 is 2.27 bits per heavy atom. The molecule has 0 aliphatic rings. The van der Waals surface area contributed by atoms with Crippen molar-refractivity contribution < 1.29 is 4.43 Å². The van der Waals surface area contributed by atoms with Crippen LogP contribution in [0.15, 0.2) is 42.2 Å². The molecule has 22 heavy (non-hydrogen) atoms. The molecular formula is C20H36OSi. The van der Waals surface area contributed by atoms with Crippen LogP contribution in [-0.4, -0.2) is 14.4 Å². The summed E-state index contributed by atoms with van der Waals surface area (Å²) in [5.41, 5.74) is 4.55. The lowest BCUT2D eigenvalue weighted by Gasteiger charge is -2.38. The molecule has 0 aliphatic heterocycles. The number of hydrogen-bond acceptors (Lipinski definition) is 1. The van der Waals surface area contributed by atoms with Crippen LogP contribution in [0.4, 0.5) is 0 Å². The summed E-state index contributed by atoms with van der Waals surface area (Å²) in [7, 11) is -1.76. The summed E-state index contributed by atoms with van der Waals surface area (Å²) in [5, 5.41) is 0.230. The van der Waals surface area contributed by atoms with Crippen LogP contribution in [0.2, 0.25) is 18.1 Å². The first-order valence-electron chi connectivity index (χ1n) is 8.39. The highest BCUT2D eigenvalue weighted by Crippen LogP contribution is 2.37. The molecule has 0 rings (SSSR count). The van der Waals surface area contributed by atoms with Crippen molar-refractivity contribution >= 4 is 8.32 Å². The van der Waals surface area contributed by atoms with Gasteiger partial charge in [-0.3, -0.25) is 0 Å². The van der Waals surface area contributed by atoms with E-state index in [0.29, 0.717) is 5.92 Å². The highest BCUT2D eigenvalue weighted by Gasteiger charge is 2.38. The van der Waals surface area contributed by atoms with Crippen LogP contribution in [0.1, 0.15) is 54.4 Å². The van der Waals surface area contributed by atoms with Gasteiger partial charge in [-0.05, 0) is 56.0 Å². The highest BCUT2D eigenvalue weighted by molar-refractivity contribution is 6.74. The van der Waals surface area contributed by atoms with Crippen LogP contribution in [0, 0.1) is 5.92 Å². The summed E-state index contributed by atoms with van der Waals surface area (Å²) < 4.78 is 6.55. The topological polar surface area (TPSA) is 9.23 Å². The van der Waals surface area contributed by atoms with Crippen LogP contribution in [-0.2, 0) is 4.43 Å². The second kappa shape index (κ2) is 9.35. The summed E-state index contributed by atoms with van der Waals surface area (Å²) in [5.74, 6) is 0.521. The minimum absolute atomic E-state index is 0.143. The predicted octanol–water partition coefficient (Wildman–Crippen LogP) is 6.66. The van der Waals surface area contributed by atoms with Gasteiger partial charge in [-0.15, -0.1) is 5.73 Å². The molecule has 0 fully saturated rings. The van der Waals surface area contributed by atoms with Crippen molar-refractivity contribution in [1.82, 2.24) is 0 Å². The van der Waals surface area contributed by atoms with E-state index in [0.717, 1.165) is 12.8 Å². The summed E-state index contributed by atoms with van der Waals surface area (Å²) in [4.78, 5) is 0. The van der Waals surface area contributed by atoms with E-state index in [4.69, 9.17) is 4.43 Å². The Morgan fingerprint density at radius 2 is 1.82 bits per heavy atom. The van der Waals surface area contributed by atoms with Crippen LogP contribution in [0.25, 0.3) is 0 Å². The molecule has 0 heterocycles. The Bertz CT molecular complexity index is 429. The van der Waals surface area contributed by atoms with Crippen molar-refractivity contribution in [2.45, 2.75) is 78.6 Å². The normalized spacial score (nSPS) is 14.5. The lowest BCUT2D eigenvalue weighted by Crippen LogP contribution is -2.43. The van der Waals surface area contributed by atoms with Gasteiger partial charge in [-0.2, -0.15) is 0 Å². The fourth-order valence-electron chi connectivity index (χ4n) is 1.65. The second-order valence-corrected chi connectivity index (χ2v) is 12.6. The standard InChI is InChI=1S/C20H36OSi/c1-10-18(4)14-12-16-19(15-11-13-17(2)3)21-22(8,9)20(5,6)7/h10,13-15,17,19H,1,12,16H2,2-9H3/b18-14+/t11?,19-/m1/s1. The van der Waals surface area contributed by atoms with E-state index in [-0.39, 0.29) is 11.1 Å². The van der Waals surface area contributed by atoms with E-state index in [1.54, 1.807) is 0 Å². The van der Waals surface area contributed by atoms with Gasteiger partial charge in [-0.25, -0.2) is 0 Å². The molecule has 1 nitrogen and oxygen atoms in total. The smallest absolute Gasteiger partial charge is 0.192 e. The Kier molecular flexibility index (Phi) is 9.00. The minimum atomic E-state index is -1.76. The molecule has 0 aliphatic carbocycles. The van der Waals surface area contributed by atoms with E-state index in [2.05, 4.69) is 85.2 Å². The molecule has 0 N–H and O–H groups in total. The number of rotatable bonds is 8. The third kappa shape index (κ3) is 8.58. The maximum Gasteiger partial charge on any atom is 0.192 e. The first-order valence-corrected chi connectivity index (χ1v) is 11.3. The number of hydrogen-bond donors (Lipinski definition) is 0. The molecule has 126 valence electrons. The van der Waals surface area contributed by atoms with Gasteiger partial charge in [0.25, 0.3) is 0 Å². The molecule has 0 radical (unpaired) electrons. The quantitative estimate of drug-likeness (QED) is 0.276. The van der Waals surface area contributed by atoms with Crippen LogP contribution < -0.4 is 0 Å². The average Bonchev–Trinajstić information content (AvgIpc) is 2.35. The molecular weight excluding hydrogens is 284 g/mol. The SMILES string of the molecule is C=C/C(C)=C/CC[C@@H](C=C=CC(C)C)O[Si](C)(C)C(C)(C)C. The van der Waals surface area contributed by atoms with Crippen molar-refractivity contribution in [3.05, 3.63) is 42.2 Å². The van der Waals surface area contributed by atoms with Crippen LogP contribution in [0.3, 0.4) is 0 Å². The van der Waals surface area contributed by atoms with Gasteiger partial charge >= 0.3 is 0 Å². The largest absolute Gasteiger partial charge is 0.410 e. The van der Waals surface area contributed by atoms with Crippen LogP contribution >= 0.6 is 0 Å². The summed E-state index contributed by atoms with van der Waals surface area (Å²) in [6, 6.07) is 0. The van der Waals surface area contributed by atoms with Crippen molar-refractivity contribution in [3.8, 4) is 0 Å². The van der Waals surface area contributed by atoms with E-state index < -0.39 is 8.32 Å². The second-order valence-electron chi connectivity index (χ2n) is 7.89. The fourth-order valence-corrected chi connectivity index (χ4v) is 2.94. The molecule has 0 aromatic rings. The maximum absolute atomic E-state index is 6.55. The van der Waals surface area contributed by atoms with E-state index >= 15 is 0 Å². The molecule has 0 amide bonds. The average molecular weight is 321 g/mol. The molecule has 0 bridgehead atoms. The van der Waals surface area contributed by atoms with Gasteiger partial charge in [-0.1, -0.05) is 58.9 Å². The highest BCUT2D eigenvalue weighted by atomic mass is 28.4. The molecule has 0 aromatic carbocycles. The van der Waals surface area contributed by atoms with E-state index in [1.807, 2.05) is 6.08 Å². The molecule has 0 saturated carbocycles. The minimum Gasteiger partial charge on any atom is -0.410 e. The Balaban J connectivity index is 5.02. The first kappa shape index (κ1) is 21.2. The monoisotopic (exact) mass is 320 g/mol. The van der Waals surface area contributed by atoms with Crippen LogP contribution in [0.5, 0.6) is 0 Å². The molecule has 2 heteroatoms. The molecule has 0 spiro atoms. The van der Waals surface area contributed by atoms with Crippen molar-refractivity contribution in [1.29, 1.82) is 0 Å². The molecule has 0 saturated heterocycles. The van der Waals surface area contributed by atoms with Gasteiger partial charge in [0.05, 0.1) is 6.10 Å². The van der Waals surface area contributed by atoms with Gasteiger partial charge in [0, 0.05) is 0 Å². The van der Waals surface area contributed by atoms with Gasteiger partial charge in [0.15, 0.2) is 8.32 Å². The van der Waals surface area contributed by atoms with E-state index in [1.165, 1.54) is 5.57 Å². The predicted molar refractivity (Wildman–Crippen MR) is 103 cm³/mol. The zero-order valence-corrected chi connectivity index (χ0v) is 17.0. The Morgan fingerprint density at radius 1 is 1.23 bits per heavy atom. The lowest BCUT2D eigenvalue weighted by atomic mass is 10.1. The van der Waals surface area contributed by atoms with Gasteiger partial charge in [0.2, 0.25) is 0 Å². The summed E-state index contributed by atoms with van der Waals surface area (Å²) >= 11 is 0. The number of allylic oxidation sites excluding steroid dienone is 3. The molecule has 0 aromatic heterocycles. The first-order chi connectivity index (χ1) is 9.99. The molecule has 0 unspecified atom stereocenters. The van der Waals surface area contributed by atoms with E-state index in [9.17, 15) is 0 Å². The Hall–Kier alpha value is -0.823. The lowest BCUT2D eigenvalue weighted by molar-refractivity contribution is 0.216. The zero-order chi connectivity index (χ0) is 17.4. The fraction of sp³-hybridized carbons (Fsp3) is 0.650. The Labute approximate surface area is 140 Å². The third-order valence-corrected chi connectivity index (χ3v) is 8.71. The van der Waals surface area contributed by atoms with Crippen molar-refractivity contribution in [3.63, 3.8) is 0 Å². The maximum atomic E-state index is 6.55. The van der Waals surface area contributed by atoms with Crippen molar-refractivity contribution in [2.24, 2.45) is 5.92 Å². The third-order valence-electron chi connectivity index (χ3n) is 4.20. The van der Waals surface area contributed by atoms with Gasteiger partial charge in [0.1, 0.15) is 0 Å². The van der Waals surface area contributed by atoms with Crippen molar-refractivity contribution in [2.75, 3.05) is 0 Å². The summed E-state index contributed by atoms with van der Waals surface area (Å²) in [6.07, 6.45) is 10.5. The summed E-state index contributed by atoms with van der Waals surface area (Å²) in [6.45, 7) is 21.7. The van der Waals surface area contributed by atoms with Gasteiger partial charge < -0.3 is 4.43 Å².